The molecule has 0 spiro atoms. The van der Waals surface area contributed by atoms with Crippen molar-refractivity contribution in [1.82, 2.24) is 20.4 Å². The van der Waals surface area contributed by atoms with E-state index >= 15 is 0 Å². The third-order valence-corrected chi connectivity index (χ3v) is 6.21. The number of nitrogens with zero attached hydrogens (tertiary/aromatic N) is 2. The summed E-state index contributed by atoms with van der Waals surface area (Å²) in [7, 11) is 2.19. The van der Waals surface area contributed by atoms with Gasteiger partial charge in [0.05, 0.1) is 15.7 Å². The van der Waals surface area contributed by atoms with Crippen LogP contribution in [0.4, 0.5) is 0 Å². The number of hydrogen-bond acceptors (Lipinski definition) is 3. The van der Waals surface area contributed by atoms with Crippen molar-refractivity contribution in [3.8, 4) is 11.3 Å². The van der Waals surface area contributed by atoms with Crippen molar-refractivity contribution in [3.63, 3.8) is 0 Å². The van der Waals surface area contributed by atoms with Gasteiger partial charge >= 0.3 is 0 Å². The fourth-order valence-corrected chi connectivity index (χ4v) is 4.33. The predicted octanol–water partition coefficient (Wildman–Crippen LogP) is 3.74. The number of aromatic nitrogens is 2. The Morgan fingerprint density at radius 3 is 2.60 bits per heavy atom. The summed E-state index contributed by atoms with van der Waals surface area (Å²) in [5.41, 5.74) is 1.96. The van der Waals surface area contributed by atoms with Gasteiger partial charge in [0.15, 0.2) is 0 Å². The number of H-pyrrole nitrogens is 1. The Morgan fingerprint density at radius 2 is 1.92 bits per heavy atom. The molecule has 4 rings (SSSR count). The summed E-state index contributed by atoms with van der Waals surface area (Å²) >= 11 is 12.0. The summed E-state index contributed by atoms with van der Waals surface area (Å²) in [6.45, 7) is 0. The van der Waals surface area contributed by atoms with Crippen LogP contribution >= 0.6 is 23.2 Å². The van der Waals surface area contributed by atoms with E-state index in [1.54, 1.807) is 18.2 Å². The van der Waals surface area contributed by atoms with Crippen LogP contribution in [0.15, 0.2) is 24.3 Å². The molecule has 2 aromatic rings. The number of aromatic amines is 1. The Hall–Kier alpha value is -1.56. The van der Waals surface area contributed by atoms with Gasteiger partial charge in [0.2, 0.25) is 0 Å². The molecule has 1 amide bonds. The van der Waals surface area contributed by atoms with Crippen molar-refractivity contribution < 1.29 is 4.79 Å². The Morgan fingerprint density at radius 1 is 1.20 bits per heavy atom. The lowest BCUT2D eigenvalue weighted by atomic mass is 9.98. The fraction of sp³-hybridized carbons (Fsp3) is 0.444. The normalized spacial score (nSPS) is 26.0. The van der Waals surface area contributed by atoms with Crippen LogP contribution in [-0.2, 0) is 0 Å². The number of carbonyl (C=O) groups is 1. The first-order valence-electron chi connectivity index (χ1n) is 8.55. The second-order valence-electron chi connectivity index (χ2n) is 6.99. The number of rotatable bonds is 3. The number of carbonyl (C=O) groups excluding carboxylic acids is 1. The van der Waals surface area contributed by atoms with Crippen LogP contribution in [0.5, 0.6) is 0 Å². The molecule has 0 aliphatic carbocycles. The maximum atomic E-state index is 12.6. The number of nitrogens with one attached hydrogen (secondary N) is 2. The van der Waals surface area contributed by atoms with Crippen molar-refractivity contribution in [2.24, 2.45) is 0 Å². The van der Waals surface area contributed by atoms with E-state index in [2.05, 4.69) is 27.5 Å². The van der Waals surface area contributed by atoms with E-state index in [4.69, 9.17) is 23.2 Å². The molecule has 0 radical (unpaired) electrons. The van der Waals surface area contributed by atoms with E-state index in [0.29, 0.717) is 33.5 Å². The lowest BCUT2D eigenvalue weighted by molar-refractivity contribution is 0.0877. The first-order valence-corrected chi connectivity index (χ1v) is 9.30. The van der Waals surface area contributed by atoms with Crippen molar-refractivity contribution in [2.45, 2.75) is 43.8 Å². The molecular formula is C18H20Cl2N4O. The fourth-order valence-electron chi connectivity index (χ4n) is 4.03. The van der Waals surface area contributed by atoms with E-state index in [9.17, 15) is 4.79 Å². The Balaban J connectivity index is 1.45. The zero-order valence-electron chi connectivity index (χ0n) is 13.9. The SMILES string of the molecule is CN1C2CCC1CC(NC(=O)c1cc(-c3ccc(Cl)c(Cl)c3)n[nH]1)C2. The number of halogens is 2. The molecular weight excluding hydrogens is 359 g/mol. The largest absolute Gasteiger partial charge is 0.348 e. The summed E-state index contributed by atoms with van der Waals surface area (Å²) in [5, 5.41) is 11.2. The Kier molecular flexibility index (Phi) is 4.48. The third kappa shape index (κ3) is 3.28. The van der Waals surface area contributed by atoms with Gasteiger partial charge in [0.25, 0.3) is 5.91 Å². The third-order valence-electron chi connectivity index (χ3n) is 5.47. The second kappa shape index (κ2) is 6.63. The number of hydrogen-bond donors (Lipinski definition) is 2. The molecule has 25 heavy (non-hydrogen) atoms. The molecule has 2 saturated heterocycles. The van der Waals surface area contributed by atoms with E-state index in [-0.39, 0.29) is 11.9 Å². The van der Waals surface area contributed by atoms with E-state index in [0.717, 1.165) is 18.4 Å². The quantitative estimate of drug-likeness (QED) is 0.854. The smallest absolute Gasteiger partial charge is 0.269 e. The molecule has 1 aromatic heterocycles. The highest BCUT2D eigenvalue weighted by atomic mass is 35.5. The highest BCUT2D eigenvalue weighted by molar-refractivity contribution is 6.42. The van der Waals surface area contributed by atoms with Crippen LogP contribution in [-0.4, -0.2) is 46.2 Å². The highest BCUT2D eigenvalue weighted by Crippen LogP contribution is 2.34. The molecule has 2 N–H and O–H groups in total. The molecule has 2 unspecified atom stereocenters. The van der Waals surface area contributed by atoms with Crippen molar-refractivity contribution in [3.05, 3.63) is 40.0 Å². The van der Waals surface area contributed by atoms with Gasteiger partial charge < -0.3 is 10.2 Å². The summed E-state index contributed by atoms with van der Waals surface area (Å²) in [4.78, 5) is 15.0. The first kappa shape index (κ1) is 16.9. The van der Waals surface area contributed by atoms with Crippen molar-refractivity contribution >= 4 is 29.1 Å². The van der Waals surface area contributed by atoms with Crippen LogP contribution in [0.3, 0.4) is 0 Å². The lowest BCUT2D eigenvalue weighted by Gasteiger charge is -2.36. The average molecular weight is 379 g/mol. The van der Waals surface area contributed by atoms with Crippen LogP contribution in [0, 0.1) is 0 Å². The van der Waals surface area contributed by atoms with Gasteiger partial charge in [-0.1, -0.05) is 29.3 Å². The molecule has 5 nitrogen and oxygen atoms in total. The van der Waals surface area contributed by atoms with Gasteiger partial charge in [-0.15, -0.1) is 0 Å². The maximum Gasteiger partial charge on any atom is 0.269 e. The number of piperidine rings is 1. The zero-order chi connectivity index (χ0) is 17.6. The lowest BCUT2D eigenvalue weighted by Crippen LogP contribution is -2.48. The number of fused-ring (bicyclic) bond motifs is 2. The van der Waals surface area contributed by atoms with Crippen molar-refractivity contribution in [1.29, 1.82) is 0 Å². The molecule has 1 aromatic carbocycles. The second-order valence-corrected chi connectivity index (χ2v) is 7.80. The van der Waals surface area contributed by atoms with E-state index in [1.165, 1.54) is 12.8 Å². The minimum absolute atomic E-state index is 0.104. The summed E-state index contributed by atoms with van der Waals surface area (Å²) in [5.74, 6) is -0.104. The molecule has 2 atom stereocenters. The van der Waals surface area contributed by atoms with Gasteiger partial charge in [-0.05, 0) is 50.9 Å². The summed E-state index contributed by atoms with van der Waals surface area (Å²) in [6.07, 6.45) is 4.51. The Bertz CT molecular complexity index is 792. The summed E-state index contributed by atoms with van der Waals surface area (Å²) < 4.78 is 0. The molecule has 132 valence electrons. The van der Waals surface area contributed by atoms with E-state index in [1.807, 2.05) is 6.07 Å². The number of amides is 1. The zero-order valence-corrected chi connectivity index (χ0v) is 15.4. The molecule has 0 saturated carbocycles. The molecule has 3 heterocycles. The van der Waals surface area contributed by atoms with Gasteiger partial charge in [0.1, 0.15) is 5.69 Å². The van der Waals surface area contributed by atoms with Crippen molar-refractivity contribution in [2.75, 3.05) is 7.05 Å². The molecule has 2 aliphatic heterocycles. The van der Waals surface area contributed by atoms with E-state index < -0.39 is 0 Å². The average Bonchev–Trinajstić information content (AvgIpc) is 3.14. The van der Waals surface area contributed by atoms with Crippen LogP contribution < -0.4 is 5.32 Å². The molecule has 2 aliphatic rings. The minimum Gasteiger partial charge on any atom is -0.348 e. The van der Waals surface area contributed by atoms with Gasteiger partial charge in [-0.2, -0.15) is 5.10 Å². The van der Waals surface area contributed by atoms with Crippen LogP contribution in [0.25, 0.3) is 11.3 Å². The Labute approximate surface area is 156 Å². The predicted molar refractivity (Wildman–Crippen MR) is 99.1 cm³/mol. The highest BCUT2D eigenvalue weighted by Gasteiger charge is 2.38. The molecule has 2 bridgehead atoms. The molecule has 2 fully saturated rings. The topological polar surface area (TPSA) is 61.0 Å². The standard InChI is InChI=1S/C18H20Cl2N4O/c1-24-12-3-4-13(24)8-11(7-12)21-18(25)17-9-16(22-23-17)10-2-5-14(19)15(20)6-10/h2,5-6,9,11-13H,3-4,7-8H2,1H3,(H,21,25)(H,22,23). The van der Waals surface area contributed by atoms with Gasteiger partial charge in [0, 0.05) is 23.7 Å². The molecule has 7 heteroatoms. The van der Waals surface area contributed by atoms with Gasteiger partial charge in [-0.3, -0.25) is 9.89 Å². The monoisotopic (exact) mass is 378 g/mol. The van der Waals surface area contributed by atoms with Gasteiger partial charge in [-0.25, -0.2) is 0 Å². The first-order chi connectivity index (χ1) is 12.0. The van der Waals surface area contributed by atoms with Crippen LogP contribution in [0.1, 0.15) is 36.2 Å². The number of benzene rings is 1. The van der Waals surface area contributed by atoms with Crippen LogP contribution in [0.2, 0.25) is 10.0 Å². The maximum absolute atomic E-state index is 12.6. The minimum atomic E-state index is -0.104. The summed E-state index contributed by atoms with van der Waals surface area (Å²) in [6, 6.07) is 8.48.